The highest BCUT2D eigenvalue weighted by Gasteiger charge is 2.05. The van der Waals surface area contributed by atoms with Gasteiger partial charge >= 0.3 is 0 Å². The molecule has 0 saturated heterocycles. The number of hydrogen-bond donors (Lipinski definition) is 1. The van der Waals surface area contributed by atoms with Crippen LogP contribution in [0.15, 0.2) is 18.2 Å². The fourth-order valence-electron chi connectivity index (χ4n) is 2.11. The fourth-order valence-corrected chi connectivity index (χ4v) is 2.11. The largest absolute Gasteiger partial charge is 0.494 e. The Kier molecular flexibility index (Phi) is 6.20. The van der Waals surface area contributed by atoms with Gasteiger partial charge in [0.25, 0.3) is 0 Å². The third kappa shape index (κ3) is 4.69. The van der Waals surface area contributed by atoms with Crippen LogP contribution in [0.4, 0.5) is 0 Å². The predicted octanol–water partition coefficient (Wildman–Crippen LogP) is 3.89. The summed E-state index contributed by atoms with van der Waals surface area (Å²) < 4.78 is 5.79. The summed E-state index contributed by atoms with van der Waals surface area (Å²) in [6.07, 6.45) is 2.24. The number of rotatable bonds is 7. The van der Waals surface area contributed by atoms with Gasteiger partial charge in [0.1, 0.15) is 5.75 Å². The van der Waals surface area contributed by atoms with E-state index >= 15 is 0 Å². The molecule has 0 aliphatic heterocycles. The lowest BCUT2D eigenvalue weighted by Crippen LogP contribution is -2.21. The minimum absolute atomic E-state index is 0.568. The quantitative estimate of drug-likeness (QED) is 0.740. The summed E-state index contributed by atoms with van der Waals surface area (Å²) in [6, 6.07) is 6.99. The monoisotopic (exact) mass is 249 g/mol. The van der Waals surface area contributed by atoms with E-state index in [0.717, 1.165) is 25.2 Å². The molecule has 0 radical (unpaired) electrons. The highest BCUT2D eigenvalue weighted by Crippen LogP contribution is 2.23. The van der Waals surface area contributed by atoms with E-state index in [2.05, 4.69) is 51.2 Å². The van der Waals surface area contributed by atoms with Gasteiger partial charge < -0.3 is 10.1 Å². The normalized spacial score (nSPS) is 12.8. The summed E-state index contributed by atoms with van der Waals surface area (Å²) in [6.45, 7) is 9.60. The average Bonchev–Trinajstić information content (AvgIpc) is 2.34. The Morgan fingerprint density at radius 2 is 1.94 bits per heavy atom. The Bertz CT molecular complexity index is 360. The first-order valence-corrected chi connectivity index (χ1v) is 6.95. The lowest BCUT2D eigenvalue weighted by atomic mass is 9.98. The van der Waals surface area contributed by atoms with E-state index in [-0.39, 0.29) is 0 Å². The summed E-state index contributed by atoms with van der Waals surface area (Å²) >= 11 is 0. The topological polar surface area (TPSA) is 21.3 Å². The maximum atomic E-state index is 5.79. The lowest BCUT2D eigenvalue weighted by Gasteiger charge is -2.13. The van der Waals surface area contributed by atoms with Crippen LogP contribution in [0.1, 0.15) is 50.7 Å². The minimum Gasteiger partial charge on any atom is -0.494 e. The molecule has 1 rings (SSSR count). The van der Waals surface area contributed by atoms with Crippen LogP contribution in [0.25, 0.3) is 0 Å². The number of nitrogens with one attached hydrogen (secondary N) is 1. The summed E-state index contributed by atoms with van der Waals surface area (Å²) in [4.78, 5) is 0. The van der Waals surface area contributed by atoms with E-state index in [1.165, 1.54) is 11.1 Å². The highest BCUT2D eigenvalue weighted by molar-refractivity contribution is 5.36. The number of ether oxygens (including phenoxy) is 1. The van der Waals surface area contributed by atoms with Gasteiger partial charge in [0.15, 0.2) is 0 Å². The highest BCUT2D eigenvalue weighted by atomic mass is 16.5. The van der Waals surface area contributed by atoms with Crippen LogP contribution < -0.4 is 10.1 Å². The molecule has 2 heteroatoms. The van der Waals surface area contributed by atoms with Crippen LogP contribution >= 0.6 is 0 Å². The Morgan fingerprint density at radius 3 is 2.50 bits per heavy atom. The second-order valence-corrected chi connectivity index (χ2v) is 5.35. The third-order valence-corrected chi connectivity index (χ3v) is 3.41. The Hall–Kier alpha value is -1.02. The van der Waals surface area contributed by atoms with Crippen molar-refractivity contribution in [2.24, 2.45) is 0 Å². The molecule has 2 nitrogen and oxygen atoms in total. The van der Waals surface area contributed by atoms with Gasteiger partial charge in [-0.2, -0.15) is 0 Å². The summed E-state index contributed by atoms with van der Waals surface area (Å²) in [5.41, 5.74) is 2.73. The summed E-state index contributed by atoms with van der Waals surface area (Å²) in [7, 11) is 2.00. The minimum atomic E-state index is 0.568. The Labute approximate surface area is 112 Å². The molecule has 0 heterocycles. The molecular formula is C16H27NO. The van der Waals surface area contributed by atoms with E-state index < -0.39 is 0 Å². The van der Waals surface area contributed by atoms with Gasteiger partial charge in [-0.15, -0.1) is 0 Å². The first kappa shape index (κ1) is 15.0. The molecule has 1 aromatic rings. The maximum Gasteiger partial charge on any atom is 0.119 e. The van der Waals surface area contributed by atoms with Crippen LogP contribution in [0.2, 0.25) is 0 Å². The smallest absolute Gasteiger partial charge is 0.119 e. The molecule has 0 aliphatic carbocycles. The van der Waals surface area contributed by atoms with E-state index in [1.54, 1.807) is 0 Å². The first-order valence-electron chi connectivity index (χ1n) is 6.95. The molecule has 18 heavy (non-hydrogen) atoms. The van der Waals surface area contributed by atoms with Gasteiger partial charge in [0.05, 0.1) is 6.61 Å². The van der Waals surface area contributed by atoms with Crippen LogP contribution in [0.3, 0.4) is 0 Å². The van der Waals surface area contributed by atoms with E-state index in [4.69, 9.17) is 4.74 Å². The molecule has 1 aromatic carbocycles. The summed E-state index contributed by atoms with van der Waals surface area (Å²) in [5, 5.41) is 3.24. The van der Waals surface area contributed by atoms with Crippen molar-refractivity contribution in [3.8, 4) is 5.75 Å². The molecule has 1 atom stereocenters. The molecule has 102 valence electrons. The van der Waals surface area contributed by atoms with Crippen molar-refractivity contribution in [2.45, 2.75) is 52.5 Å². The van der Waals surface area contributed by atoms with Gasteiger partial charge in [0.2, 0.25) is 0 Å². The van der Waals surface area contributed by atoms with Crippen molar-refractivity contribution in [3.63, 3.8) is 0 Å². The standard InChI is InChI=1S/C16H27NO/c1-12(2)16-9-8-15(11-13(16)3)18-10-6-7-14(4)17-5/h8-9,11-12,14,17H,6-7,10H2,1-5H3. The fraction of sp³-hybridized carbons (Fsp3) is 0.625. The second-order valence-electron chi connectivity index (χ2n) is 5.35. The zero-order valence-corrected chi connectivity index (χ0v) is 12.4. The van der Waals surface area contributed by atoms with Gasteiger partial charge in [-0.05, 0) is 62.9 Å². The molecule has 0 fully saturated rings. The molecule has 0 aromatic heterocycles. The lowest BCUT2D eigenvalue weighted by molar-refractivity contribution is 0.299. The molecule has 1 unspecified atom stereocenters. The van der Waals surface area contributed by atoms with Crippen molar-refractivity contribution in [2.75, 3.05) is 13.7 Å². The molecular weight excluding hydrogens is 222 g/mol. The zero-order chi connectivity index (χ0) is 13.5. The van der Waals surface area contributed by atoms with Gasteiger partial charge in [-0.1, -0.05) is 19.9 Å². The molecule has 1 N–H and O–H groups in total. The van der Waals surface area contributed by atoms with Crippen LogP contribution in [-0.4, -0.2) is 19.7 Å². The van der Waals surface area contributed by atoms with Crippen molar-refractivity contribution < 1.29 is 4.74 Å². The number of hydrogen-bond acceptors (Lipinski definition) is 2. The zero-order valence-electron chi connectivity index (χ0n) is 12.4. The SMILES string of the molecule is CNC(C)CCCOc1ccc(C(C)C)c(C)c1. The third-order valence-electron chi connectivity index (χ3n) is 3.41. The van der Waals surface area contributed by atoms with E-state index in [9.17, 15) is 0 Å². The van der Waals surface area contributed by atoms with Crippen LogP contribution in [0.5, 0.6) is 5.75 Å². The molecule has 0 aliphatic rings. The second kappa shape index (κ2) is 7.42. The first-order chi connectivity index (χ1) is 8.54. The number of aryl methyl sites for hydroxylation is 1. The van der Waals surface area contributed by atoms with Crippen molar-refractivity contribution >= 4 is 0 Å². The van der Waals surface area contributed by atoms with E-state index in [1.807, 2.05) is 7.05 Å². The van der Waals surface area contributed by atoms with E-state index in [0.29, 0.717) is 12.0 Å². The van der Waals surface area contributed by atoms with Gasteiger partial charge in [0, 0.05) is 6.04 Å². The summed E-state index contributed by atoms with van der Waals surface area (Å²) in [5.74, 6) is 1.57. The molecule has 0 spiro atoms. The van der Waals surface area contributed by atoms with Crippen LogP contribution in [0, 0.1) is 6.92 Å². The maximum absolute atomic E-state index is 5.79. The van der Waals surface area contributed by atoms with Crippen molar-refractivity contribution in [3.05, 3.63) is 29.3 Å². The van der Waals surface area contributed by atoms with Crippen molar-refractivity contribution in [1.82, 2.24) is 5.32 Å². The number of benzene rings is 1. The predicted molar refractivity (Wildman–Crippen MR) is 78.5 cm³/mol. The van der Waals surface area contributed by atoms with Crippen LogP contribution in [-0.2, 0) is 0 Å². The molecule has 0 saturated carbocycles. The van der Waals surface area contributed by atoms with Crippen molar-refractivity contribution in [1.29, 1.82) is 0 Å². The Balaban J connectivity index is 2.42. The van der Waals surface area contributed by atoms with Gasteiger partial charge in [-0.25, -0.2) is 0 Å². The Morgan fingerprint density at radius 1 is 1.22 bits per heavy atom. The van der Waals surface area contributed by atoms with Gasteiger partial charge in [-0.3, -0.25) is 0 Å². The molecule has 0 bridgehead atoms. The average molecular weight is 249 g/mol. The molecule has 0 amide bonds.